The van der Waals surface area contributed by atoms with Crippen molar-refractivity contribution < 1.29 is 9.53 Å². The largest absolute Gasteiger partial charge is 0.497 e. The summed E-state index contributed by atoms with van der Waals surface area (Å²) in [5.41, 5.74) is 3.12. The Balaban J connectivity index is 1.62. The number of amides is 1. The second-order valence-electron chi connectivity index (χ2n) is 5.49. The summed E-state index contributed by atoms with van der Waals surface area (Å²) in [7, 11) is 1.63. The van der Waals surface area contributed by atoms with Crippen LogP contribution in [0.15, 0.2) is 70.3 Å². The van der Waals surface area contributed by atoms with Gasteiger partial charge in [-0.2, -0.15) is 11.3 Å². The zero-order valence-corrected chi connectivity index (χ0v) is 15.5. The van der Waals surface area contributed by atoms with Gasteiger partial charge in [0.15, 0.2) is 0 Å². The highest BCUT2D eigenvalue weighted by molar-refractivity contribution is 7.98. The van der Waals surface area contributed by atoms with Crippen LogP contribution in [-0.2, 0) is 17.0 Å². The van der Waals surface area contributed by atoms with Gasteiger partial charge in [0.1, 0.15) is 5.75 Å². The third kappa shape index (κ3) is 5.11. The minimum Gasteiger partial charge on any atom is -0.497 e. The summed E-state index contributed by atoms with van der Waals surface area (Å²) in [5, 5.41) is 7.26. The highest BCUT2D eigenvalue weighted by Crippen LogP contribution is 2.30. The molecular weight excluding hydrogens is 350 g/mol. The number of ether oxygens (including phenoxy) is 1. The Morgan fingerprint density at radius 2 is 1.88 bits per heavy atom. The van der Waals surface area contributed by atoms with Crippen LogP contribution in [0.5, 0.6) is 5.75 Å². The number of thioether (sulfide) groups is 1. The highest BCUT2D eigenvalue weighted by Gasteiger charge is 2.08. The number of hydrogen-bond acceptors (Lipinski definition) is 4. The first kappa shape index (κ1) is 17.6. The second kappa shape index (κ2) is 8.74. The van der Waals surface area contributed by atoms with E-state index in [0.717, 1.165) is 27.6 Å². The van der Waals surface area contributed by atoms with Crippen molar-refractivity contribution in [3.8, 4) is 5.75 Å². The van der Waals surface area contributed by atoms with Gasteiger partial charge in [0.25, 0.3) is 0 Å². The van der Waals surface area contributed by atoms with Gasteiger partial charge in [-0.25, -0.2) is 0 Å². The smallest absolute Gasteiger partial charge is 0.228 e. The third-order valence-electron chi connectivity index (χ3n) is 3.66. The molecule has 1 heterocycles. The SMILES string of the molecule is COc1ccc(CC(=O)Nc2ccccc2SCc2ccsc2)cc1. The number of benzene rings is 2. The Morgan fingerprint density at radius 1 is 1.08 bits per heavy atom. The number of anilines is 1. The van der Waals surface area contributed by atoms with Crippen molar-refractivity contribution in [1.82, 2.24) is 0 Å². The molecule has 0 saturated heterocycles. The zero-order chi connectivity index (χ0) is 17.5. The summed E-state index contributed by atoms with van der Waals surface area (Å²) < 4.78 is 5.14. The van der Waals surface area contributed by atoms with E-state index >= 15 is 0 Å². The third-order valence-corrected chi connectivity index (χ3v) is 5.54. The molecule has 0 aliphatic heterocycles. The maximum Gasteiger partial charge on any atom is 0.228 e. The molecule has 0 aliphatic carbocycles. The normalized spacial score (nSPS) is 10.4. The number of nitrogens with one attached hydrogen (secondary N) is 1. The van der Waals surface area contributed by atoms with Crippen LogP contribution in [0, 0.1) is 0 Å². The first-order chi connectivity index (χ1) is 12.2. The van der Waals surface area contributed by atoms with Crippen LogP contribution < -0.4 is 10.1 Å². The lowest BCUT2D eigenvalue weighted by Crippen LogP contribution is -2.14. The molecule has 0 spiro atoms. The number of rotatable bonds is 7. The minimum atomic E-state index is -0.0197. The summed E-state index contributed by atoms with van der Waals surface area (Å²) in [5.74, 6) is 1.67. The Hall–Kier alpha value is -2.24. The number of carbonyl (C=O) groups excluding carboxylic acids is 1. The van der Waals surface area contributed by atoms with E-state index in [1.807, 2.05) is 48.5 Å². The molecule has 0 atom stereocenters. The van der Waals surface area contributed by atoms with Crippen LogP contribution in [0.2, 0.25) is 0 Å². The Labute approximate surface area is 156 Å². The quantitative estimate of drug-likeness (QED) is 0.580. The van der Waals surface area contributed by atoms with E-state index in [-0.39, 0.29) is 5.91 Å². The molecule has 0 saturated carbocycles. The van der Waals surface area contributed by atoms with Crippen molar-refractivity contribution >= 4 is 34.7 Å². The summed E-state index contributed by atoms with van der Waals surface area (Å²) in [6, 6.07) is 17.6. The van der Waals surface area contributed by atoms with Gasteiger partial charge in [0.05, 0.1) is 19.2 Å². The Morgan fingerprint density at radius 3 is 2.60 bits per heavy atom. The fourth-order valence-electron chi connectivity index (χ4n) is 2.35. The summed E-state index contributed by atoms with van der Waals surface area (Å²) >= 11 is 3.43. The standard InChI is InChI=1S/C20H19NO2S2/c1-23-17-8-6-15(7-9-17)12-20(22)21-18-4-2-3-5-19(18)25-14-16-10-11-24-13-16/h2-11,13H,12,14H2,1H3,(H,21,22). The molecule has 5 heteroatoms. The number of carbonyl (C=O) groups is 1. The van der Waals surface area contributed by atoms with Crippen LogP contribution in [0.25, 0.3) is 0 Å². The predicted molar refractivity (Wildman–Crippen MR) is 106 cm³/mol. The van der Waals surface area contributed by atoms with Crippen LogP contribution in [0.3, 0.4) is 0 Å². The van der Waals surface area contributed by atoms with Gasteiger partial charge in [-0.15, -0.1) is 11.8 Å². The predicted octanol–water partition coefficient (Wildman–Crippen LogP) is 5.23. The first-order valence-electron chi connectivity index (χ1n) is 7.90. The van der Waals surface area contributed by atoms with Gasteiger partial charge < -0.3 is 10.1 Å². The van der Waals surface area contributed by atoms with Gasteiger partial charge in [-0.3, -0.25) is 4.79 Å². The van der Waals surface area contributed by atoms with Crippen molar-refractivity contribution in [2.45, 2.75) is 17.1 Å². The molecule has 0 aliphatic rings. The maximum atomic E-state index is 12.4. The van der Waals surface area contributed by atoms with E-state index in [0.29, 0.717) is 6.42 Å². The Kier molecular flexibility index (Phi) is 6.14. The van der Waals surface area contributed by atoms with Gasteiger partial charge in [-0.05, 0) is 52.2 Å². The average Bonchev–Trinajstić information content (AvgIpc) is 3.15. The molecule has 3 aromatic rings. The summed E-state index contributed by atoms with van der Waals surface area (Å²) in [6.07, 6.45) is 0.341. The molecule has 3 nitrogen and oxygen atoms in total. The lowest BCUT2D eigenvalue weighted by molar-refractivity contribution is -0.115. The van der Waals surface area contributed by atoms with Gasteiger partial charge in [0.2, 0.25) is 5.91 Å². The van der Waals surface area contributed by atoms with E-state index in [1.165, 1.54) is 5.56 Å². The van der Waals surface area contributed by atoms with Crippen LogP contribution >= 0.6 is 23.1 Å². The molecule has 3 rings (SSSR count). The monoisotopic (exact) mass is 369 g/mol. The Bertz CT molecular complexity index is 814. The topological polar surface area (TPSA) is 38.3 Å². The number of hydrogen-bond donors (Lipinski definition) is 1. The molecule has 0 unspecified atom stereocenters. The molecular formula is C20H19NO2S2. The molecule has 1 N–H and O–H groups in total. The average molecular weight is 370 g/mol. The van der Waals surface area contributed by atoms with Gasteiger partial charge in [-0.1, -0.05) is 24.3 Å². The summed E-state index contributed by atoms with van der Waals surface area (Å²) in [6.45, 7) is 0. The number of thiophene rings is 1. The molecule has 0 bridgehead atoms. The molecule has 0 fully saturated rings. The molecule has 0 radical (unpaired) electrons. The lowest BCUT2D eigenvalue weighted by atomic mass is 10.1. The van der Waals surface area contributed by atoms with E-state index < -0.39 is 0 Å². The fraction of sp³-hybridized carbons (Fsp3) is 0.150. The first-order valence-corrected chi connectivity index (χ1v) is 9.83. The molecule has 25 heavy (non-hydrogen) atoms. The minimum absolute atomic E-state index is 0.0197. The number of methoxy groups -OCH3 is 1. The summed E-state index contributed by atoms with van der Waals surface area (Å²) in [4.78, 5) is 13.5. The lowest BCUT2D eigenvalue weighted by Gasteiger charge is -2.11. The van der Waals surface area contributed by atoms with E-state index in [9.17, 15) is 4.79 Å². The van der Waals surface area contributed by atoms with Crippen molar-refractivity contribution in [3.63, 3.8) is 0 Å². The van der Waals surface area contributed by atoms with Crippen molar-refractivity contribution in [2.75, 3.05) is 12.4 Å². The molecule has 1 aromatic heterocycles. The molecule has 1 amide bonds. The van der Waals surface area contributed by atoms with E-state index in [4.69, 9.17) is 4.74 Å². The zero-order valence-electron chi connectivity index (χ0n) is 13.9. The maximum absolute atomic E-state index is 12.4. The second-order valence-corrected chi connectivity index (χ2v) is 7.29. The van der Waals surface area contributed by atoms with Crippen molar-refractivity contribution in [1.29, 1.82) is 0 Å². The van der Waals surface area contributed by atoms with Crippen molar-refractivity contribution in [2.24, 2.45) is 0 Å². The fourth-order valence-corrected chi connectivity index (χ4v) is 4.08. The highest BCUT2D eigenvalue weighted by atomic mass is 32.2. The van der Waals surface area contributed by atoms with Crippen LogP contribution in [0.4, 0.5) is 5.69 Å². The van der Waals surface area contributed by atoms with Crippen LogP contribution in [-0.4, -0.2) is 13.0 Å². The molecule has 2 aromatic carbocycles. The number of para-hydroxylation sites is 1. The molecule has 128 valence electrons. The van der Waals surface area contributed by atoms with E-state index in [2.05, 4.69) is 22.1 Å². The van der Waals surface area contributed by atoms with Gasteiger partial charge in [0, 0.05) is 10.6 Å². The van der Waals surface area contributed by atoms with Crippen LogP contribution in [0.1, 0.15) is 11.1 Å². The van der Waals surface area contributed by atoms with Crippen molar-refractivity contribution in [3.05, 3.63) is 76.5 Å². The van der Waals surface area contributed by atoms with E-state index in [1.54, 1.807) is 30.2 Å². The van der Waals surface area contributed by atoms with Gasteiger partial charge >= 0.3 is 0 Å².